The number of anilines is 1. The first-order valence-electron chi connectivity index (χ1n) is 7.77. The van der Waals surface area contributed by atoms with E-state index in [1.165, 1.54) is 0 Å². The van der Waals surface area contributed by atoms with E-state index >= 15 is 0 Å². The SMILES string of the molecule is COc1ccc(C2=CCN(C(=O)CNc3ccccc3Cl)C2)cc1. The Morgan fingerprint density at radius 1 is 1.21 bits per heavy atom. The molecule has 124 valence electrons. The van der Waals surface area contributed by atoms with Crippen LogP contribution in [0.25, 0.3) is 5.57 Å². The van der Waals surface area contributed by atoms with Gasteiger partial charge in [-0.1, -0.05) is 41.9 Å². The number of nitrogens with one attached hydrogen (secondary N) is 1. The lowest BCUT2D eigenvalue weighted by molar-refractivity contribution is -0.127. The summed E-state index contributed by atoms with van der Waals surface area (Å²) in [7, 11) is 1.65. The highest BCUT2D eigenvalue weighted by Crippen LogP contribution is 2.24. The normalized spacial score (nSPS) is 13.6. The quantitative estimate of drug-likeness (QED) is 0.901. The summed E-state index contributed by atoms with van der Waals surface area (Å²) in [6, 6.07) is 15.3. The van der Waals surface area contributed by atoms with Gasteiger partial charge >= 0.3 is 0 Å². The van der Waals surface area contributed by atoms with Crippen molar-refractivity contribution in [1.82, 2.24) is 4.90 Å². The molecule has 1 heterocycles. The molecule has 1 aliphatic rings. The fourth-order valence-corrected chi connectivity index (χ4v) is 2.85. The molecule has 0 aromatic heterocycles. The Labute approximate surface area is 146 Å². The van der Waals surface area contributed by atoms with Crippen LogP contribution in [-0.2, 0) is 4.79 Å². The number of carbonyl (C=O) groups is 1. The van der Waals surface area contributed by atoms with Crippen molar-refractivity contribution in [3.8, 4) is 5.75 Å². The molecule has 1 amide bonds. The number of para-hydroxylation sites is 1. The fraction of sp³-hybridized carbons (Fsp3) is 0.211. The summed E-state index contributed by atoms with van der Waals surface area (Å²) in [6.45, 7) is 1.48. The number of hydrogen-bond acceptors (Lipinski definition) is 3. The van der Waals surface area contributed by atoms with Crippen molar-refractivity contribution in [1.29, 1.82) is 0 Å². The van der Waals surface area contributed by atoms with Crippen LogP contribution in [-0.4, -0.2) is 37.6 Å². The van der Waals surface area contributed by atoms with E-state index in [2.05, 4.69) is 11.4 Å². The van der Waals surface area contributed by atoms with Gasteiger partial charge in [0.2, 0.25) is 5.91 Å². The predicted molar refractivity (Wildman–Crippen MR) is 97.5 cm³/mol. The van der Waals surface area contributed by atoms with Gasteiger partial charge in [-0.25, -0.2) is 0 Å². The van der Waals surface area contributed by atoms with Crippen LogP contribution in [0.4, 0.5) is 5.69 Å². The molecule has 0 aliphatic carbocycles. The van der Waals surface area contributed by atoms with E-state index in [-0.39, 0.29) is 12.5 Å². The molecule has 0 saturated carbocycles. The standard InChI is InChI=1S/C19H19ClN2O2/c1-24-16-8-6-14(7-9-16)15-10-11-22(13-15)19(23)12-21-18-5-3-2-4-17(18)20/h2-10,21H,11-13H2,1H3. The van der Waals surface area contributed by atoms with Crippen molar-refractivity contribution in [2.45, 2.75) is 0 Å². The highest BCUT2D eigenvalue weighted by molar-refractivity contribution is 6.33. The second-order valence-corrected chi connectivity index (χ2v) is 5.97. The van der Waals surface area contributed by atoms with Crippen LogP contribution in [0.3, 0.4) is 0 Å². The summed E-state index contributed by atoms with van der Waals surface area (Å²) in [5.41, 5.74) is 3.05. The van der Waals surface area contributed by atoms with Crippen molar-refractivity contribution < 1.29 is 9.53 Å². The number of methoxy groups -OCH3 is 1. The van der Waals surface area contributed by atoms with E-state index < -0.39 is 0 Å². The molecular formula is C19H19ClN2O2. The highest BCUT2D eigenvalue weighted by Gasteiger charge is 2.20. The Kier molecular flexibility index (Phi) is 5.06. The third-order valence-corrected chi connectivity index (χ3v) is 4.37. The van der Waals surface area contributed by atoms with Crippen LogP contribution < -0.4 is 10.1 Å². The van der Waals surface area contributed by atoms with Gasteiger partial charge in [-0.3, -0.25) is 4.79 Å². The molecule has 0 radical (unpaired) electrons. The maximum absolute atomic E-state index is 12.4. The molecule has 0 saturated heterocycles. The number of hydrogen-bond donors (Lipinski definition) is 1. The number of ether oxygens (including phenoxy) is 1. The molecule has 0 spiro atoms. The maximum atomic E-state index is 12.4. The van der Waals surface area contributed by atoms with E-state index in [9.17, 15) is 4.79 Å². The molecule has 0 unspecified atom stereocenters. The van der Waals surface area contributed by atoms with Gasteiger partial charge in [0.15, 0.2) is 0 Å². The van der Waals surface area contributed by atoms with Gasteiger partial charge in [-0.05, 0) is 35.4 Å². The monoisotopic (exact) mass is 342 g/mol. The number of rotatable bonds is 5. The van der Waals surface area contributed by atoms with Gasteiger partial charge in [0.1, 0.15) is 5.75 Å². The molecule has 5 heteroatoms. The lowest BCUT2D eigenvalue weighted by Crippen LogP contribution is -2.33. The first-order chi connectivity index (χ1) is 11.7. The minimum Gasteiger partial charge on any atom is -0.497 e. The zero-order valence-electron chi connectivity index (χ0n) is 13.5. The van der Waals surface area contributed by atoms with E-state index in [4.69, 9.17) is 16.3 Å². The van der Waals surface area contributed by atoms with E-state index in [1.807, 2.05) is 47.4 Å². The molecule has 0 bridgehead atoms. The number of benzene rings is 2. The Hall–Kier alpha value is -2.46. The number of carbonyl (C=O) groups excluding carboxylic acids is 1. The maximum Gasteiger partial charge on any atom is 0.242 e. The van der Waals surface area contributed by atoms with Gasteiger partial charge in [-0.15, -0.1) is 0 Å². The first-order valence-corrected chi connectivity index (χ1v) is 8.15. The predicted octanol–water partition coefficient (Wildman–Crippen LogP) is 3.69. The van der Waals surface area contributed by atoms with Crippen LogP contribution >= 0.6 is 11.6 Å². The van der Waals surface area contributed by atoms with E-state index in [0.717, 1.165) is 22.6 Å². The van der Waals surface area contributed by atoms with Gasteiger partial charge < -0.3 is 15.0 Å². The summed E-state index contributed by atoms with van der Waals surface area (Å²) in [4.78, 5) is 14.2. The van der Waals surface area contributed by atoms with Gasteiger partial charge in [-0.2, -0.15) is 0 Å². The molecule has 0 atom stereocenters. The Morgan fingerprint density at radius 2 is 1.96 bits per heavy atom. The van der Waals surface area contributed by atoms with Crippen LogP contribution in [0, 0.1) is 0 Å². The first kappa shape index (κ1) is 16.4. The topological polar surface area (TPSA) is 41.6 Å². The summed E-state index contributed by atoms with van der Waals surface area (Å²) in [6.07, 6.45) is 2.09. The molecule has 24 heavy (non-hydrogen) atoms. The van der Waals surface area contributed by atoms with Crippen molar-refractivity contribution >= 4 is 28.8 Å². The van der Waals surface area contributed by atoms with Crippen molar-refractivity contribution in [3.63, 3.8) is 0 Å². The van der Waals surface area contributed by atoms with Crippen LogP contribution in [0.5, 0.6) is 5.75 Å². The zero-order valence-corrected chi connectivity index (χ0v) is 14.2. The minimum atomic E-state index is 0.0506. The smallest absolute Gasteiger partial charge is 0.242 e. The van der Waals surface area contributed by atoms with Crippen LogP contribution in [0.15, 0.2) is 54.6 Å². The lowest BCUT2D eigenvalue weighted by Gasteiger charge is -2.17. The number of amides is 1. The molecule has 1 N–H and O–H groups in total. The third kappa shape index (κ3) is 3.71. The molecule has 0 fully saturated rings. The van der Waals surface area contributed by atoms with Crippen molar-refractivity contribution in [2.75, 3.05) is 32.1 Å². The summed E-state index contributed by atoms with van der Waals surface area (Å²) in [5, 5.41) is 3.71. The second kappa shape index (κ2) is 7.41. The minimum absolute atomic E-state index is 0.0506. The average Bonchev–Trinajstić information content (AvgIpc) is 3.11. The van der Waals surface area contributed by atoms with Crippen LogP contribution in [0.2, 0.25) is 5.02 Å². The summed E-state index contributed by atoms with van der Waals surface area (Å²) in [5.74, 6) is 0.879. The molecule has 3 rings (SSSR count). The van der Waals surface area contributed by atoms with Gasteiger partial charge in [0.25, 0.3) is 0 Å². The average molecular weight is 343 g/mol. The summed E-state index contributed by atoms with van der Waals surface area (Å²) >= 11 is 6.09. The second-order valence-electron chi connectivity index (χ2n) is 5.57. The van der Waals surface area contributed by atoms with E-state index in [0.29, 0.717) is 18.1 Å². The lowest BCUT2D eigenvalue weighted by atomic mass is 10.1. The Morgan fingerprint density at radius 3 is 2.67 bits per heavy atom. The highest BCUT2D eigenvalue weighted by atomic mass is 35.5. The fourth-order valence-electron chi connectivity index (χ4n) is 2.65. The van der Waals surface area contributed by atoms with Gasteiger partial charge in [0.05, 0.1) is 24.4 Å². The molecule has 2 aromatic carbocycles. The number of halogens is 1. The van der Waals surface area contributed by atoms with Crippen LogP contribution in [0.1, 0.15) is 5.56 Å². The molecular weight excluding hydrogens is 324 g/mol. The molecule has 4 nitrogen and oxygen atoms in total. The zero-order chi connectivity index (χ0) is 16.9. The van der Waals surface area contributed by atoms with Crippen molar-refractivity contribution in [3.05, 3.63) is 65.2 Å². The van der Waals surface area contributed by atoms with E-state index in [1.54, 1.807) is 13.2 Å². The molecule has 1 aliphatic heterocycles. The number of nitrogens with zero attached hydrogens (tertiary/aromatic N) is 1. The van der Waals surface area contributed by atoms with Gasteiger partial charge in [0, 0.05) is 13.1 Å². The summed E-state index contributed by atoms with van der Waals surface area (Å²) < 4.78 is 5.17. The van der Waals surface area contributed by atoms with Crippen molar-refractivity contribution in [2.24, 2.45) is 0 Å². The largest absolute Gasteiger partial charge is 0.497 e. The Bertz CT molecular complexity index is 756. The third-order valence-electron chi connectivity index (χ3n) is 4.04. The molecule has 2 aromatic rings. The Balaban J connectivity index is 1.56.